The first-order chi connectivity index (χ1) is 10.9. The molecule has 1 aromatic heterocycles. The molecule has 0 spiro atoms. The Morgan fingerprint density at radius 1 is 1.48 bits per heavy atom. The van der Waals surface area contributed by atoms with Crippen LogP contribution in [0.5, 0.6) is 0 Å². The van der Waals surface area contributed by atoms with Crippen LogP contribution in [0.25, 0.3) is 0 Å². The minimum atomic E-state index is -0.655. The molecule has 1 aliphatic rings. The fraction of sp³-hybridized carbons (Fsp3) is 0.600. The van der Waals surface area contributed by atoms with Crippen molar-refractivity contribution in [1.29, 1.82) is 5.26 Å². The Bertz CT molecular complexity index is 637. The van der Waals surface area contributed by atoms with Gasteiger partial charge in [0.25, 0.3) is 5.91 Å². The highest BCUT2D eigenvalue weighted by Gasteiger charge is 2.37. The van der Waals surface area contributed by atoms with Gasteiger partial charge in [0.1, 0.15) is 5.56 Å². The summed E-state index contributed by atoms with van der Waals surface area (Å²) >= 11 is 0. The van der Waals surface area contributed by atoms with Crippen LogP contribution in [0, 0.1) is 11.3 Å². The molecule has 8 heteroatoms. The normalized spacial score (nSPS) is 17.4. The van der Waals surface area contributed by atoms with Gasteiger partial charge in [0.05, 0.1) is 18.0 Å². The standard InChI is InChI=1S/C15H22N6O2/c1-3-20-8-5-15(4-7-16,6-9-20)21-10-12(13(17)23)14(19-21)18-11(2)22/h10H,3-6,8-9H2,1-2H3,(H2,17,23)(H,18,19,22). The summed E-state index contributed by atoms with van der Waals surface area (Å²) in [5.41, 5.74) is 5.07. The Balaban J connectivity index is 2.38. The zero-order chi connectivity index (χ0) is 17.0. The van der Waals surface area contributed by atoms with Crippen molar-refractivity contribution in [2.45, 2.75) is 38.6 Å². The number of nitrogens with one attached hydrogen (secondary N) is 1. The van der Waals surface area contributed by atoms with E-state index in [-0.39, 0.29) is 17.3 Å². The topological polar surface area (TPSA) is 117 Å². The molecule has 2 amide bonds. The summed E-state index contributed by atoms with van der Waals surface area (Å²) in [5.74, 6) is -0.828. The fourth-order valence-electron chi connectivity index (χ4n) is 2.98. The number of nitriles is 1. The van der Waals surface area contributed by atoms with Crippen molar-refractivity contribution in [2.24, 2.45) is 5.73 Å². The molecule has 0 aromatic carbocycles. The second kappa shape index (κ2) is 6.79. The van der Waals surface area contributed by atoms with Crippen LogP contribution in [0.1, 0.15) is 43.5 Å². The quantitative estimate of drug-likeness (QED) is 0.827. The number of hydrogen-bond donors (Lipinski definition) is 2. The molecule has 1 fully saturated rings. The van der Waals surface area contributed by atoms with Crippen molar-refractivity contribution in [3.8, 4) is 6.07 Å². The van der Waals surface area contributed by atoms with Gasteiger partial charge in [-0.05, 0) is 19.4 Å². The lowest BCUT2D eigenvalue weighted by Gasteiger charge is -2.40. The Morgan fingerprint density at radius 2 is 2.13 bits per heavy atom. The predicted molar refractivity (Wildman–Crippen MR) is 84.6 cm³/mol. The van der Waals surface area contributed by atoms with Gasteiger partial charge in [0, 0.05) is 26.2 Å². The maximum atomic E-state index is 11.6. The lowest BCUT2D eigenvalue weighted by Crippen LogP contribution is -2.46. The van der Waals surface area contributed by atoms with E-state index in [0.717, 1.165) is 32.5 Å². The summed E-state index contributed by atoms with van der Waals surface area (Å²) in [7, 11) is 0. The maximum absolute atomic E-state index is 11.6. The van der Waals surface area contributed by atoms with E-state index >= 15 is 0 Å². The predicted octanol–water partition coefficient (Wildman–Crippen LogP) is 0.665. The van der Waals surface area contributed by atoms with Gasteiger partial charge in [-0.3, -0.25) is 14.3 Å². The number of primary amides is 1. The first-order valence-corrected chi connectivity index (χ1v) is 7.68. The van der Waals surface area contributed by atoms with E-state index in [1.165, 1.54) is 6.92 Å². The number of nitrogens with zero attached hydrogens (tertiary/aromatic N) is 4. The Morgan fingerprint density at radius 3 is 2.61 bits per heavy atom. The molecule has 0 atom stereocenters. The van der Waals surface area contributed by atoms with Crippen LogP contribution >= 0.6 is 0 Å². The van der Waals surface area contributed by atoms with Crippen LogP contribution in [0.3, 0.4) is 0 Å². The summed E-state index contributed by atoms with van der Waals surface area (Å²) < 4.78 is 1.65. The number of rotatable bonds is 5. The number of aromatic nitrogens is 2. The van der Waals surface area contributed by atoms with E-state index in [2.05, 4.69) is 28.3 Å². The molecule has 2 heterocycles. The number of anilines is 1. The average molecular weight is 318 g/mol. The third kappa shape index (κ3) is 3.51. The molecule has 0 unspecified atom stereocenters. The zero-order valence-electron chi connectivity index (χ0n) is 13.5. The third-order valence-corrected chi connectivity index (χ3v) is 4.40. The van der Waals surface area contributed by atoms with Gasteiger partial charge in [0.2, 0.25) is 5.91 Å². The zero-order valence-corrected chi connectivity index (χ0v) is 13.5. The molecule has 1 saturated heterocycles. The van der Waals surface area contributed by atoms with E-state index in [9.17, 15) is 14.9 Å². The SMILES string of the molecule is CCN1CCC(CC#N)(n2cc(C(N)=O)c(NC(C)=O)n2)CC1. The summed E-state index contributed by atoms with van der Waals surface area (Å²) in [5, 5.41) is 16.1. The number of nitrogens with two attached hydrogens (primary N) is 1. The largest absolute Gasteiger partial charge is 0.365 e. The monoisotopic (exact) mass is 318 g/mol. The molecule has 0 saturated carbocycles. The molecule has 2 rings (SSSR count). The molecule has 124 valence electrons. The van der Waals surface area contributed by atoms with Gasteiger partial charge in [-0.1, -0.05) is 6.92 Å². The van der Waals surface area contributed by atoms with Crippen molar-refractivity contribution >= 4 is 17.6 Å². The number of piperidine rings is 1. The minimum Gasteiger partial charge on any atom is -0.365 e. The van der Waals surface area contributed by atoms with Crippen molar-refractivity contribution in [1.82, 2.24) is 14.7 Å². The third-order valence-electron chi connectivity index (χ3n) is 4.40. The van der Waals surface area contributed by atoms with Crippen LogP contribution in [0.15, 0.2) is 6.20 Å². The summed E-state index contributed by atoms with van der Waals surface area (Å²) in [6.45, 7) is 6.13. The lowest BCUT2D eigenvalue weighted by molar-refractivity contribution is -0.114. The number of likely N-dealkylation sites (tertiary alicyclic amines) is 1. The highest BCUT2D eigenvalue weighted by atomic mass is 16.2. The van der Waals surface area contributed by atoms with Gasteiger partial charge in [-0.2, -0.15) is 10.4 Å². The molecular weight excluding hydrogens is 296 g/mol. The number of carbonyl (C=O) groups excluding carboxylic acids is 2. The highest BCUT2D eigenvalue weighted by Crippen LogP contribution is 2.34. The van der Waals surface area contributed by atoms with Gasteiger partial charge in [-0.15, -0.1) is 0 Å². The smallest absolute Gasteiger partial charge is 0.254 e. The number of amides is 2. The van der Waals surface area contributed by atoms with E-state index in [1.54, 1.807) is 10.9 Å². The second-order valence-corrected chi connectivity index (χ2v) is 5.87. The summed E-state index contributed by atoms with van der Waals surface area (Å²) in [6, 6.07) is 2.23. The van der Waals surface area contributed by atoms with E-state index in [0.29, 0.717) is 6.42 Å². The van der Waals surface area contributed by atoms with Crippen molar-refractivity contribution in [3.63, 3.8) is 0 Å². The molecular formula is C15H22N6O2. The second-order valence-electron chi connectivity index (χ2n) is 5.87. The maximum Gasteiger partial charge on any atom is 0.254 e. The molecule has 1 aliphatic heterocycles. The van der Waals surface area contributed by atoms with E-state index in [4.69, 9.17) is 5.73 Å². The molecule has 8 nitrogen and oxygen atoms in total. The molecule has 23 heavy (non-hydrogen) atoms. The highest BCUT2D eigenvalue weighted by molar-refractivity contribution is 6.01. The van der Waals surface area contributed by atoms with Crippen LogP contribution in [-0.2, 0) is 10.3 Å². The Kier molecular flexibility index (Phi) is 5.01. The van der Waals surface area contributed by atoms with Crippen molar-refractivity contribution in [3.05, 3.63) is 11.8 Å². The fourth-order valence-corrected chi connectivity index (χ4v) is 2.98. The minimum absolute atomic E-state index is 0.153. The van der Waals surface area contributed by atoms with E-state index in [1.807, 2.05) is 0 Å². The Labute approximate surface area is 135 Å². The van der Waals surface area contributed by atoms with Gasteiger partial charge >= 0.3 is 0 Å². The first-order valence-electron chi connectivity index (χ1n) is 7.68. The molecule has 0 radical (unpaired) electrons. The van der Waals surface area contributed by atoms with Crippen molar-refractivity contribution < 1.29 is 9.59 Å². The first kappa shape index (κ1) is 17.0. The van der Waals surface area contributed by atoms with E-state index < -0.39 is 11.4 Å². The summed E-state index contributed by atoms with van der Waals surface area (Å²) in [6.07, 6.45) is 3.36. The van der Waals surface area contributed by atoms with Crippen LogP contribution < -0.4 is 11.1 Å². The van der Waals surface area contributed by atoms with Crippen LogP contribution in [0.2, 0.25) is 0 Å². The van der Waals surface area contributed by atoms with Gasteiger partial charge in [-0.25, -0.2) is 0 Å². The van der Waals surface area contributed by atoms with Crippen LogP contribution in [0.4, 0.5) is 5.82 Å². The average Bonchev–Trinajstić information content (AvgIpc) is 2.92. The molecule has 0 aliphatic carbocycles. The van der Waals surface area contributed by atoms with Gasteiger partial charge in [0.15, 0.2) is 5.82 Å². The molecule has 0 bridgehead atoms. The number of hydrogen-bond acceptors (Lipinski definition) is 5. The lowest BCUT2D eigenvalue weighted by atomic mass is 9.85. The van der Waals surface area contributed by atoms with Gasteiger partial charge < -0.3 is 16.0 Å². The van der Waals surface area contributed by atoms with Crippen molar-refractivity contribution in [2.75, 3.05) is 25.0 Å². The Hall–Kier alpha value is -2.40. The summed E-state index contributed by atoms with van der Waals surface area (Å²) in [4.78, 5) is 25.2. The molecule has 3 N–H and O–H groups in total. The van der Waals surface area contributed by atoms with Crippen LogP contribution in [-0.4, -0.2) is 46.1 Å². The number of carbonyl (C=O) groups is 2. The molecule has 1 aromatic rings.